The molecule has 0 radical (unpaired) electrons. The Kier molecular flexibility index (Phi) is 3.30. The molecule has 1 aliphatic heterocycles. The predicted molar refractivity (Wildman–Crippen MR) is 66.5 cm³/mol. The minimum Gasteiger partial charge on any atom is -0.372 e. The van der Waals surface area contributed by atoms with E-state index in [4.69, 9.17) is 16.3 Å². The number of nitrogens with two attached hydrogens (primary N) is 2. The van der Waals surface area contributed by atoms with Crippen molar-refractivity contribution in [1.82, 2.24) is 9.97 Å². The van der Waals surface area contributed by atoms with Gasteiger partial charge in [0.25, 0.3) is 0 Å². The van der Waals surface area contributed by atoms with Crippen LogP contribution in [-0.4, -0.2) is 35.3 Å². The van der Waals surface area contributed by atoms with Gasteiger partial charge in [0.2, 0.25) is 5.95 Å². The maximum absolute atomic E-state index is 5.67. The molecule has 2 rings (SSSR count). The number of hydrazine groups is 1. The van der Waals surface area contributed by atoms with Crippen LogP contribution in [0, 0.1) is 0 Å². The summed E-state index contributed by atoms with van der Waals surface area (Å²) in [5.41, 5.74) is 8.12. The molecular weight excluding hydrogens is 220 g/mol. The molecule has 0 unspecified atom stereocenters. The minimum absolute atomic E-state index is 0.171. The number of nitrogen functional groups attached to an aromatic ring is 2. The molecule has 94 valence electrons. The lowest BCUT2D eigenvalue weighted by Crippen LogP contribution is -2.46. The fraction of sp³-hybridized carbons (Fsp3) is 0.600. The number of hydrogen-bond donors (Lipinski definition) is 3. The van der Waals surface area contributed by atoms with Crippen molar-refractivity contribution < 1.29 is 4.74 Å². The normalized spacial score (nSPS) is 24.8. The van der Waals surface area contributed by atoms with E-state index in [9.17, 15) is 0 Å². The van der Waals surface area contributed by atoms with Gasteiger partial charge in [0.15, 0.2) is 0 Å². The fourth-order valence-corrected chi connectivity index (χ4v) is 2.05. The highest BCUT2D eigenvalue weighted by Crippen LogP contribution is 2.21. The van der Waals surface area contributed by atoms with Crippen molar-refractivity contribution in [2.24, 2.45) is 5.84 Å². The number of anilines is 3. The molecule has 17 heavy (non-hydrogen) atoms. The summed E-state index contributed by atoms with van der Waals surface area (Å²) in [6, 6.07) is 1.78. The Balaban J connectivity index is 2.23. The van der Waals surface area contributed by atoms with Crippen LogP contribution in [0.15, 0.2) is 6.07 Å². The molecule has 0 saturated carbocycles. The van der Waals surface area contributed by atoms with E-state index in [1.165, 1.54) is 0 Å². The highest BCUT2D eigenvalue weighted by molar-refractivity contribution is 5.52. The standard InChI is InChI=1S/C10H18N6O/c1-6-4-16(5-7(2)17-6)9-3-8(15-12)13-10(11)14-9/h3,6-7H,4-5,12H2,1-2H3,(H3,11,13,14,15)/t6-,7+. The zero-order valence-electron chi connectivity index (χ0n) is 10.1. The molecule has 1 saturated heterocycles. The molecular formula is C10H18N6O. The number of hydrogen-bond acceptors (Lipinski definition) is 7. The maximum atomic E-state index is 5.67. The number of ether oxygens (including phenoxy) is 1. The number of morpholine rings is 1. The second-order valence-electron chi connectivity index (χ2n) is 4.28. The Hall–Kier alpha value is -1.60. The maximum Gasteiger partial charge on any atom is 0.223 e. The second kappa shape index (κ2) is 4.72. The van der Waals surface area contributed by atoms with Gasteiger partial charge in [-0.2, -0.15) is 9.97 Å². The van der Waals surface area contributed by atoms with Crippen LogP contribution in [0.5, 0.6) is 0 Å². The Morgan fingerprint density at radius 3 is 2.59 bits per heavy atom. The van der Waals surface area contributed by atoms with Gasteiger partial charge in [-0.3, -0.25) is 0 Å². The molecule has 0 aromatic carbocycles. The molecule has 1 aromatic rings. The molecule has 1 fully saturated rings. The van der Waals surface area contributed by atoms with Crippen LogP contribution in [0.3, 0.4) is 0 Å². The Bertz CT molecular complexity index is 388. The van der Waals surface area contributed by atoms with Crippen molar-refractivity contribution >= 4 is 17.6 Å². The summed E-state index contributed by atoms with van der Waals surface area (Å²) >= 11 is 0. The van der Waals surface area contributed by atoms with Crippen molar-refractivity contribution in [2.75, 3.05) is 29.1 Å². The van der Waals surface area contributed by atoms with Gasteiger partial charge in [0.05, 0.1) is 12.2 Å². The van der Waals surface area contributed by atoms with E-state index in [2.05, 4.69) is 20.3 Å². The second-order valence-corrected chi connectivity index (χ2v) is 4.28. The molecule has 2 heterocycles. The van der Waals surface area contributed by atoms with E-state index in [1.807, 2.05) is 13.8 Å². The van der Waals surface area contributed by atoms with Crippen LogP contribution in [0.2, 0.25) is 0 Å². The topological polar surface area (TPSA) is 102 Å². The van der Waals surface area contributed by atoms with E-state index in [1.54, 1.807) is 6.07 Å². The fourth-order valence-electron chi connectivity index (χ4n) is 2.05. The van der Waals surface area contributed by atoms with Gasteiger partial charge >= 0.3 is 0 Å². The third-order valence-electron chi connectivity index (χ3n) is 2.62. The summed E-state index contributed by atoms with van der Waals surface area (Å²) in [5.74, 6) is 6.83. The van der Waals surface area contributed by atoms with Crippen LogP contribution < -0.4 is 21.9 Å². The third-order valence-corrected chi connectivity index (χ3v) is 2.62. The van der Waals surface area contributed by atoms with Gasteiger partial charge in [0.1, 0.15) is 11.6 Å². The number of aromatic nitrogens is 2. The lowest BCUT2D eigenvalue weighted by molar-refractivity contribution is -0.00545. The first-order valence-corrected chi connectivity index (χ1v) is 5.60. The highest BCUT2D eigenvalue weighted by atomic mass is 16.5. The summed E-state index contributed by atoms with van der Waals surface area (Å²) in [7, 11) is 0. The number of rotatable bonds is 2. The summed E-state index contributed by atoms with van der Waals surface area (Å²) in [4.78, 5) is 10.3. The first kappa shape index (κ1) is 11.9. The molecule has 0 bridgehead atoms. The van der Waals surface area contributed by atoms with Crippen LogP contribution in [0.1, 0.15) is 13.8 Å². The van der Waals surface area contributed by atoms with Gasteiger partial charge in [-0.1, -0.05) is 0 Å². The number of nitrogens with one attached hydrogen (secondary N) is 1. The Morgan fingerprint density at radius 1 is 1.35 bits per heavy atom. The minimum atomic E-state index is 0.171. The zero-order chi connectivity index (χ0) is 12.4. The first-order valence-electron chi connectivity index (χ1n) is 5.60. The lowest BCUT2D eigenvalue weighted by Gasteiger charge is -2.36. The average Bonchev–Trinajstić information content (AvgIpc) is 2.26. The SMILES string of the molecule is C[C@@H]1CN(c2cc(NN)nc(N)n2)C[C@H](C)O1. The van der Waals surface area contributed by atoms with E-state index < -0.39 is 0 Å². The van der Waals surface area contributed by atoms with Gasteiger partial charge in [-0.15, -0.1) is 0 Å². The van der Waals surface area contributed by atoms with Gasteiger partial charge in [-0.25, -0.2) is 5.84 Å². The zero-order valence-corrected chi connectivity index (χ0v) is 10.1. The smallest absolute Gasteiger partial charge is 0.223 e. The highest BCUT2D eigenvalue weighted by Gasteiger charge is 2.23. The van der Waals surface area contributed by atoms with E-state index in [-0.39, 0.29) is 18.2 Å². The summed E-state index contributed by atoms with van der Waals surface area (Å²) < 4.78 is 5.67. The lowest BCUT2D eigenvalue weighted by atomic mass is 10.2. The van der Waals surface area contributed by atoms with E-state index in [0.29, 0.717) is 5.82 Å². The van der Waals surface area contributed by atoms with Crippen LogP contribution >= 0.6 is 0 Å². The van der Waals surface area contributed by atoms with Gasteiger partial charge in [-0.05, 0) is 13.8 Å². The molecule has 7 heteroatoms. The molecule has 1 aromatic heterocycles. The summed E-state index contributed by atoms with van der Waals surface area (Å²) in [5, 5.41) is 0. The monoisotopic (exact) mass is 238 g/mol. The van der Waals surface area contributed by atoms with Crippen molar-refractivity contribution in [3.63, 3.8) is 0 Å². The summed E-state index contributed by atoms with van der Waals surface area (Å²) in [6.45, 7) is 5.64. The Labute approximate surface area is 100 Å². The van der Waals surface area contributed by atoms with Crippen LogP contribution in [0.25, 0.3) is 0 Å². The molecule has 0 spiro atoms. The molecule has 2 atom stereocenters. The average molecular weight is 238 g/mol. The summed E-state index contributed by atoms with van der Waals surface area (Å²) in [6.07, 6.45) is 0.341. The van der Waals surface area contributed by atoms with Crippen LogP contribution in [-0.2, 0) is 4.74 Å². The quantitative estimate of drug-likeness (QED) is 0.490. The molecule has 1 aliphatic rings. The predicted octanol–water partition coefficient (Wildman–Crippen LogP) is -0.0420. The van der Waals surface area contributed by atoms with E-state index in [0.717, 1.165) is 18.9 Å². The van der Waals surface area contributed by atoms with Crippen LogP contribution in [0.4, 0.5) is 17.6 Å². The van der Waals surface area contributed by atoms with Crippen molar-refractivity contribution in [3.05, 3.63) is 6.07 Å². The molecule has 0 aliphatic carbocycles. The van der Waals surface area contributed by atoms with Crippen molar-refractivity contribution in [1.29, 1.82) is 0 Å². The first-order chi connectivity index (χ1) is 8.08. The number of nitrogens with zero attached hydrogens (tertiary/aromatic N) is 3. The van der Waals surface area contributed by atoms with Crippen molar-refractivity contribution in [2.45, 2.75) is 26.1 Å². The molecule has 5 N–H and O–H groups in total. The largest absolute Gasteiger partial charge is 0.372 e. The van der Waals surface area contributed by atoms with Crippen molar-refractivity contribution in [3.8, 4) is 0 Å². The molecule has 7 nitrogen and oxygen atoms in total. The van der Waals surface area contributed by atoms with Gasteiger partial charge < -0.3 is 20.8 Å². The van der Waals surface area contributed by atoms with Gasteiger partial charge in [0, 0.05) is 19.2 Å². The Morgan fingerprint density at radius 2 is 2.00 bits per heavy atom. The third kappa shape index (κ3) is 2.75. The van der Waals surface area contributed by atoms with E-state index >= 15 is 0 Å². The molecule has 0 amide bonds.